The van der Waals surface area contributed by atoms with E-state index in [0.29, 0.717) is 49.4 Å². The summed E-state index contributed by atoms with van der Waals surface area (Å²) in [7, 11) is 0. The number of nitrogens with one attached hydrogen (secondary N) is 1. The number of benzene rings is 2. The van der Waals surface area contributed by atoms with Crippen molar-refractivity contribution < 1.29 is 33.7 Å². The molecule has 0 saturated carbocycles. The maximum absolute atomic E-state index is 13.4. The number of thiol groups is 1. The van der Waals surface area contributed by atoms with Gasteiger partial charge in [0.25, 0.3) is 11.4 Å². The highest BCUT2D eigenvalue weighted by Gasteiger charge is 2.40. The van der Waals surface area contributed by atoms with Crippen LogP contribution < -0.4 is 5.32 Å². The van der Waals surface area contributed by atoms with Crippen molar-refractivity contribution in [3.05, 3.63) is 79.9 Å². The maximum Gasteiger partial charge on any atom is 0.435 e. The van der Waals surface area contributed by atoms with Crippen LogP contribution >= 0.6 is 12.6 Å². The Morgan fingerprint density at radius 2 is 1.56 bits per heavy atom. The summed E-state index contributed by atoms with van der Waals surface area (Å²) in [6.45, 7) is 2.62. The second-order valence-electron chi connectivity index (χ2n) is 10.3. The van der Waals surface area contributed by atoms with E-state index in [4.69, 9.17) is 9.47 Å². The Labute approximate surface area is 262 Å². The molecule has 0 spiro atoms. The van der Waals surface area contributed by atoms with Gasteiger partial charge in [-0.2, -0.15) is 17.6 Å². The van der Waals surface area contributed by atoms with E-state index in [9.17, 15) is 34.6 Å². The van der Waals surface area contributed by atoms with Crippen LogP contribution in [0.2, 0.25) is 0 Å². The molecule has 4 rings (SSSR count). The third-order valence-electron chi connectivity index (χ3n) is 7.20. The van der Waals surface area contributed by atoms with E-state index in [-0.39, 0.29) is 41.8 Å². The van der Waals surface area contributed by atoms with Crippen molar-refractivity contribution >= 4 is 54.3 Å². The smallest absolute Gasteiger partial charge is 0.435 e. The first-order valence-corrected chi connectivity index (χ1v) is 14.4. The van der Waals surface area contributed by atoms with Crippen LogP contribution in [0.3, 0.4) is 0 Å². The lowest BCUT2D eigenvalue weighted by Crippen LogP contribution is -2.46. The fraction of sp³-hybridized carbons (Fsp3) is 0.393. The number of non-ortho nitro benzene ring substituents is 2. The number of hydrogen-bond donors (Lipinski definition) is 2. The topological polar surface area (TPSA) is 199 Å². The largest absolute Gasteiger partial charge is 0.444 e. The Kier molecular flexibility index (Phi) is 11.0. The van der Waals surface area contributed by atoms with E-state index in [1.807, 2.05) is 0 Å². The molecule has 2 aromatic rings. The van der Waals surface area contributed by atoms with Crippen molar-refractivity contribution in [3.8, 4) is 0 Å². The van der Waals surface area contributed by atoms with E-state index >= 15 is 0 Å². The molecule has 2 saturated heterocycles. The van der Waals surface area contributed by atoms with Gasteiger partial charge in [-0.1, -0.05) is 0 Å². The van der Waals surface area contributed by atoms with Crippen LogP contribution in [0.15, 0.2) is 58.5 Å². The molecule has 0 unspecified atom stereocenters. The molecule has 3 amide bonds. The SMILES string of the molecule is CC(=NC(=O)OCc1ccc([N+](=O)[O-])cc1)N1C[C@@H](S)C[C@H]1C(=O)N1CC[C@H](N=CNC(=O)OCc2ccc([N+](=O)[O-])cc2)C1. The third kappa shape index (κ3) is 9.21. The zero-order chi connectivity index (χ0) is 32.5. The van der Waals surface area contributed by atoms with Crippen molar-refractivity contribution in [2.24, 2.45) is 9.98 Å². The Balaban J connectivity index is 1.23. The van der Waals surface area contributed by atoms with Gasteiger partial charge in [0.2, 0.25) is 5.91 Å². The number of nitro groups is 2. The van der Waals surface area contributed by atoms with Gasteiger partial charge in [0.1, 0.15) is 25.1 Å². The van der Waals surface area contributed by atoms with Crippen LogP contribution in [-0.4, -0.2) is 86.9 Å². The third-order valence-corrected chi connectivity index (χ3v) is 7.58. The van der Waals surface area contributed by atoms with Crippen molar-refractivity contribution in [3.63, 3.8) is 0 Å². The van der Waals surface area contributed by atoms with Gasteiger partial charge in [-0.25, -0.2) is 9.59 Å². The average Bonchev–Trinajstić information content (AvgIpc) is 3.66. The summed E-state index contributed by atoms with van der Waals surface area (Å²) in [6.07, 6.45) is 0.668. The lowest BCUT2D eigenvalue weighted by atomic mass is 10.2. The Bertz CT molecular complexity index is 1480. The molecule has 0 aromatic heterocycles. The van der Waals surface area contributed by atoms with Crippen LogP contribution in [0.4, 0.5) is 21.0 Å². The number of amidine groups is 1. The highest BCUT2D eigenvalue weighted by molar-refractivity contribution is 7.81. The summed E-state index contributed by atoms with van der Waals surface area (Å²) in [5.74, 6) is 0.164. The van der Waals surface area contributed by atoms with Gasteiger partial charge < -0.3 is 19.3 Å². The molecule has 0 aliphatic carbocycles. The van der Waals surface area contributed by atoms with Gasteiger partial charge in [-0.15, -0.1) is 0 Å². The average molecular weight is 642 g/mol. The number of alkyl carbamates (subject to hydrolysis) is 1. The summed E-state index contributed by atoms with van der Waals surface area (Å²) in [5.41, 5.74) is 1.01. The van der Waals surface area contributed by atoms with Gasteiger partial charge in [0.15, 0.2) is 0 Å². The highest BCUT2D eigenvalue weighted by Crippen LogP contribution is 2.26. The number of ether oxygens (including phenoxy) is 2. The molecular formula is C28H31N7O9S. The monoisotopic (exact) mass is 641 g/mol. The molecule has 2 aromatic carbocycles. The van der Waals surface area contributed by atoms with Crippen LogP contribution in [0, 0.1) is 20.2 Å². The predicted molar refractivity (Wildman–Crippen MR) is 164 cm³/mol. The number of hydrogen-bond acceptors (Lipinski definition) is 11. The van der Waals surface area contributed by atoms with Crippen molar-refractivity contribution in [1.29, 1.82) is 0 Å². The van der Waals surface area contributed by atoms with Gasteiger partial charge >= 0.3 is 12.2 Å². The molecule has 238 valence electrons. The number of amides is 3. The number of likely N-dealkylation sites (tertiary alicyclic amines) is 2. The molecule has 16 nitrogen and oxygen atoms in total. The lowest BCUT2D eigenvalue weighted by molar-refractivity contribution is -0.385. The van der Waals surface area contributed by atoms with Gasteiger partial charge in [0.05, 0.1) is 22.2 Å². The molecule has 2 heterocycles. The van der Waals surface area contributed by atoms with E-state index in [0.717, 1.165) is 0 Å². The highest BCUT2D eigenvalue weighted by atomic mass is 32.1. The fourth-order valence-corrected chi connectivity index (χ4v) is 5.24. The first-order chi connectivity index (χ1) is 21.5. The predicted octanol–water partition coefficient (Wildman–Crippen LogP) is 3.49. The summed E-state index contributed by atoms with van der Waals surface area (Å²) < 4.78 is 10.3. The minimum atomic E-state index is -0.853. The summed E-state index contributed by atoms with van der Waals surface area (Å²) in [4.78, 5) is 70.0. The molecule has 3 atom stereocenters. The normalized spacial score (nSPS) is 19.9. The van der Waals surface area contributed by atoms with E-state index in [1.165, 1.54) is 54.9 Å². The number of nitrogens with zero attached hydrogens (tertiary/aromatic N) is 6. The van der Waals surface area contributed by atoms with Gasteiger partial charge in [-0.3, -0.25) is 35.3 Å². The van der Waals surface area contributed by atoms with Crippen molar-refractivity contribution in [2.75, 3.05) is 19.6 Å². The first-order valence-electron chi connectivity index (χ1n) is 13.9. The number of rotatable bonds is 9. The zero-order valence-corrected chi connectivity index (χ0v) is 25.1. The fourth-order valence-electron chi connectivity index (χ4n) is 4.87. The second kappa shape index (κ2) is 15.1. The van der Waals surface area contributed by atoms with Crippen LogP contribution in [0.25, 0.3) is 0 Å². The van der Waals surface area contributed by atoms with Crippen molar-refractivity contribution in [2.45, 2.75) is 50.3 Å². The van der Waals surface area contributed by atoms with Gasteiger partial charge in [0, 0.05) is 49.1 Å². The number of aliphatic imine (C=N–C) groups is 2. The van der Waals surface area contributed by atoms with Crippen LogP contribution in [0.1, 0.15) is 30.9 Å². The zero-order valence-electron chi connectivity index (χ0n) is 24.2. The Morgan fingerprint density at radius 1 is 0.978 bits per heavy atom. The van der Waals surface area contributed by atoms with Crippen molar-refractivity contribution in [1.82, 2.24) is 15.1 Å². The molecule has 2 aliphatic rings. The minimum Gasteiger partial charge on any atom is -0.444 e. The molecular weight excluding hydrogens is 610 g/mol. The summed E-state index contributed by atoms with van der Waals surface area (Å²) in [5, 5.41) is 23.8. The molecule has 1 N–H and O–H groups in total. The second-order valence-corrected chi connectivity index (χ2v) is 11.1. The maximum atomic E-state index is 13.4. The van der Waals surface area contributed by atoms with Crippen LogP contribution in [0.5, 0.6) is 0 Å². The molecule has 0 radical (unpaired) electrons. The molecule has 2 fully saturated rings. The van der Waals surface area contributed by atoms with E-state index in [1.54, 1.807) is 16.7 Å². The quantitative estimate of drug-likeness (QED) is 0.134. The lowest BCUT2D eigenvalue weighted by Gasteiger charge is -2.28. The minimum absolute atomic E-state index is 0.0627. The van der Waals surface area contributed by atoms with E-state index < -0.39 is 28.1 Å². The molecule has 2 aliphatic heterocycles. The van der Waals surface area contributed by atoms with Crippen LogP contribution in [-0.2, 0) is 27.5 Å². The Hall–Kier alpha value is -5.06. The summed E-state index contributed by atoms with van der Waals surface area (Å²) in [6, 6.07) is 10.4. The van der Waals surface area contributed by atoms with E-state index in [2.05, 4.69) is 27.9 Å². The standard InChI is InChI=1S/C28H31N7O9S/c1-18(31-28(38)44-16-20-4-8-23(9-5-20)35(41)42)33-14-24(45)12-25(33)26(36)32-11-10-21(13-32)29-17-30-27(37)43-15-19-2-6-22(7-3-19)34(39)40/h2-9,17,21,24-25,45H,10-16H2,1H3,(H,29,30,37)/t21-,24-,25-/m0/s1. The Morgan fingerprint density at radius 3 is 2.13 bits per heavy atom. The molecule has 45 heavy (non-hydrogen) atoms. The number of carbonyl (C=O) groups excluding carboxylic acids is 3. The summed E-state index contributed by atoms with van der Waals surface area (Å²) >= 11 is 4.55. The number of nitro benzene ring substituents is 2. The molecule has 0 bridgehead atoms. The number of carbonyl (C=O) groups is 3. The van der Waals surface area contributed by atoms with Gasteiger partial charge in [-0.05, 0) is 55.2 Å². The molecule has 17 heteroatoms. The first kappa shape index (κ1) is 32.8.